The highest BCUT2D eigenvalue weighted by Crippen LogP contribution is 2.42. The van der Waals surface area contributed by atoms with Gasteiger partial charge in [-0.05, 0) is 12.1 Å². The molecule has 0 bridgehead atoms. The van der Waals surface area contributed by atoms with Crippen LogP contribution in [0.15, 0.2) is 72.0 Å². The topological polar surface area (TPSA) is 55.8 Å². The Morgan fingerprint density at radius 1 is 1.00 bits per heavy atom. The summed E-state index contributed by atoms with van der Waals surface area (Å²) in [6, 6.07) is 18.7. The van der Waals surface area contributed by atoms with Crippen LogP contribution in [0.4, 0.5) is 5.69 Å². The molecule has 0 aliphatic carbocycles. The molecular formula is C22H23NO4. The lowest BCUT2D eigenvalue weighted by molar-refractivity contribution is -0.140. The van der Waals surface area contributed by atoms with Gasteiger partial charge in [-0.25, -0.2) is 4.79 Å². The first kappa shape index (κ1) is 18.7. The molecule has 2 aromatic carbocycles. The highest BCUT2D eigenvalue weighted by atomic mass is 16.5. The minimum atomic E-state index is -0.697. The number of methoxy groups -OCH3 is 1. The largest absolute Gasteiger partial charge is 0.468 e. The third kappa shape index (κ3) is 3.58. The standard InChI is InChI=1S/C22H23NO4/c1-22(2,3)18-17(21(25)26-4)19(24)23(16-13-9-6-10-14-16)20(27-18)15-11-7-5-8-12-15/h5-14,20H,1-4H3. The number of para-hydroxylation sites is 1. The molecule has 1 amide bonds. The van der Waals surface area contributed by atoms with E-state index in [-0.39, 0.29) is 5.57 Å². The van der Waals surface area contributed by atoms with E-state index >= 15 is 0 Å². The van der Waals surface area contributed by atoms with Crippen molar-refractivity contribution in [3.63, 3.8) is 0 Å². The molecule has 27 heavy (non-hydrogen) atoms. The van der Waals surface area contributed by atoms with Crippen molar-refractivity contribution >= 4 is 17.6 Å². The number of anilines is 1. The van der Waals surface area contributed by atoms with Gasteiger partial charge in [0, 0.05) is 16.7 Å². The molecule has 3 rings (SSSR count). The lowest BCUT2D eigenvalue weighted by Crippen LogP contribution is -2.45. The predicted molar refractivity (Wildman–Crippen MR) is 103 cm³/mol. The van der Waals surface area contributed by atoms with Crippen LogP contribution in [-0.4, -0.2) is 19.0 Å². The zero-order chi connectivity index (χ0) is 19.6. The van der Waals surface area contributed by atoms with Crippen LogP contribution in [0.5, 0.6) is 0 Å². The van der Waals surface area contributed by atoms with Crippen LogP contribution in [0.3, 0.4) is 0 Å². The van der Waals surface area contributed by atoms with Gasteiger partial charge in [0.25, 0.3) is 5.91 Å². The molecule has 0 N–H and O–H groups in total. The number of benzene rings is 2. The van der Waals surface area contributed by atoms with E-state index < -0.39 is 23.5 Å². The number of amides is 1. The summed E-state index contributed by atoms with van der Waals surface area (Å²) in [4.78, 5) is 27.4. The molecule has 0 radical (unpaired) electrons. The van der Waals surface area contributed by atoms with E-state index in [1.54, 1.807) is 0 Å². The maximum atomic E-state index is 13.5. The Bertz CT molecular complexity index is 866. The molecule has 0 saturated carbocycles. The Balaban J connectivity index is 2.22. The van der Waals surface area contributed by atoms with Crippen LogP contribution in [0, 0.1) is 5.41 Å². The monoisotopic (exact) mass is 365 g/mol. The van der Waals surface area contributed by atoms with Crippen molar-refractivity contribution in [2.24, 2.45) is 5.41 Å². The third-order valence-electron chi connectivity index (χ3n) is 4.31. The van der Waals surface area contributed by atoms with Crippen molar-refractivity contribution in [1.82, 2.24) is 0 Å². The molecule has 0 saturated heterocycles. The number of allylic oxidation sites excluding steroid dienone is 1. The number of carbonyl (C=O) groups is 2. The van der Waals surface area contributed by atoms with E-state index in [4.69, 9.17) is 9.47 Å². The summed E-state index contributed by atoms with van der Waals surface area (Å²) in [6.07, 6.45) is -0.677. The second-order valence-corrected chi connectivity index (χ2v) is 7.34. The van der Waals surface area contributed by atoms with E-state index in [9.17, 15) is 9.59 Å². The Kier molecular flexibility index (Phi) is 5.04. The van der Waals surface area contributed by atoms with Crippen molar-refractivity contribution in [3.8, 4) is 0 Å². The lowest BCUT2D eigenvalue weighted by Gasteiger charge is -2.40. The molecular weight excluding hydrogens is 342 g/mol. The summed E-state index contributed by atoms with van der Waals surface area (Å²) < 4.78 is 11.2. The molecule has 5 heteroatoms. The van der Waals surface area contributed by atoms with Gasteiger partial charge in [0.15, 0.2) is 5.57 Å². The van der Waals surface area contributed by atoms with E-state index in [0.717, 1.165) is 5.56 Å². The fraction of sp³-hybridized carbons (Fsp3) is 0.273. The fourth-order valence-corrected chi connectivity index (χ4v) is 3.06. The normalized spacial score (nSPS) is 17.6. The summed E-state index contributed by atoms with van der Waals surface area (Å²) in [7, 11) is 1.26. The van der Waals surface area contributed by atoms with Crippen LogP contribution in [0.25, 0.3) is 0 Å². The summed E-state index contributed by atoms with van der Waals surface area (Å²) in [5.74, 6) is -0.796. The summed E-state index contributed by atoms with van der Waals surface area (Å²) in [6.45, 7) is 5.70. The van der Waals surface area contributed by atoms with Crippen molar-refractivity contribution in [2.45, 2.75) is 27.0 Å². The number of carbonyl (C=O) groups excluding carboxylic acids is 2. The van der Waals surface area contributed by atoms with Crippen LogP contribution >= 0.6 is 0 Å². The molecule has 1 aliphatic heterocycles. The molecule has 1 heterocycles. The molecule has 140 valence electrons. The van der Waals surface area contributed by atoms with E-state index in [1.165, 1.54) is 12.0 Å². The van der Waals surface area contributed by atoms with Crippen molar-refractivity contribution in [3.05, 3.63) is 77.6 Å². The van der Waals surface area contributed by atoms with Gasteiger partial charge in [-0.2, -0.15) is 0 Å². The second-order valence-electron chi connectivity index (χ2n) is 7.34. The van der Waals surface area contributed by atoms with Crippen molar-refractivity contribution in [2.75, 3.05) is 12.0 Å². The molecule has 2 aromatic rings. The smallest absolute Gasteiger partial charge is 0.347 e. The first-order valence-corrected chi connectivity index (χ1v) is 8.78. The average Bonchev–Trinajstić information content (AvgIpc) is 2.67. The number of ether oxygens (including phenoxy) is 2. The van der Waals surface area contributed by atoms with E-state index in [0.29, 0.717) is 11.4 Å². The predicted octanol–water partition coefficient (Wildman–Crippen LogP) is 4.22. The van der Waals surface area contributed by atoms with Gasteiger partial charge in [0.05, 0.1) is 7.11 Å². The molecule has 0 spiro atoms. The Hall–Kier alpha value is -3.08. The number of hydrogen-bond donors (Lipinski definition) is 0. The minimum absolute atomic E-state index is 0.0685. The average molecular weight is 365 g/mol. The van der Waals surface area contributed by atoms with Gasteiger partial charge in [-0.15, -0.1) is 0 Å². The Morgan fingerprint density at radius 3 is 2.07 bits per heavy atom. The van der Waals surface area contributed by atoms with Gasteiger partial charge < -0.3 is 9.47 Å². The zero-order valence-corrected chi connectivity index (χ0v) is 15.9. The van der Waals surface area contributed by atoms with Crippen LogP contribution < -0.4 is 4.90 Å². The van der Waals surface area contributed by atoms with Gasteiger partial charge in [0.1, 0.15) is 5.76 Å². The van der Waals surface area contributed by atoms with Crippen LogP contribution in [-0.2, 0) is 19.1 Å². The number of rotatable bonds is 3. The van der Waals surface area contributed by atoms with Crippen molar-refractivity contribution in [1.29, 1.82) is 0 Å². The lowest BCUT2D eigenvalue weighted by atomic mass is 9.88. The van der Waals surface area contributed by atoms with E-state index in [1.807, 2.05) is 81.4 Å². The molecule has 1 unspecified atom stereocenters. The van der Waals surface area contributed by atoms with Crippen LogP contribution in [0.2, 0.25) is 0 Å². The van der Waals surface area contributed by atoms with Gasteiger partial charge in [-0.1, -0.05) is 69.3 Å². The summed E-state index contributed by atoms with van der Waals surface area (Å²) in [5, 5.41) is 0. The first-order valence-electron chi connectivity index (χ1n) is 8.78. The molecule has 1 aliphatic rings. The van der Waals surface area contributed by atoms with E-state index in [2.05, 4.69) is 0 Å². The number of esters is 1. The minimum Gasteiger partial charge on any atom is -0.468 e. The Morgan fingerprint density at radius 2 is 1.56 bits per heavy atom. The number of hydrogen-bond acceptors (Lipinski definition) is 4. The second kappa shape index (κ2) is 7.27. The fourth-order valence-electron chi connectivity index (χ4n) is 3.06. The quantitative estimate of drug-likeness (QED) is 0.604. The van der Waals surface area contributed by atoms with Gasteiger partial charge in [-0.3, -0.25) is 9.69 Å². The van der Waals surface area contributed by atoms with Crippen LogP contribution in [0.1, 0.15) is 32.6 Å². The highest BCUT2D eigenvalue weighted by Gasteiger charge is 2.44. The third-order valence-corrected chi connectivity index (χ3v) is 4.31. The Labute approximate surface area is 159 Å². The summed E-state index contributed by atoms with van der Waals surface area (Å²) in [5.41, 5.74) is 0.849. The number of nitrogens with zero attached hydrogens (tertiary/aromatic N) is 1. The molecule has 5 nitrogen and oxygen atoms in total. The summed E-state index contributed by atoms with van der Waals surface area (Å²) >= 11 is 0. The zero-order valence-electron chi connectivity index (χ0n) is 15.9. The maximum Gasteiger partial charge on any atom is 0.347 e. The molecule has 1 atom stereocenters. The maximum absolute atomic E-state index is 13.5. The first-order chi connectivity index (χ1) is 12.8. The van der Waals surface area contributed by atoms with Gasteiger partial charge in [0.2, 0.25) is 6.23 Å². The molecule has 0 aromatic heterocycles. The molecule has 0 fully saturated rings. The van der Waals surface area contributed by atoms with Crippen molar-refractivity contribution < 1.29 is 19.1 Å². The SMILES string of the molecule is COC(=O)C1=C(C(C)(C)C)OC(c2ccccc2)N(c2ccccc2)C1=O. The van der Waals surface area contributed by atoms with Gasteiger partial charge >= 0.3 is 5.97 Å². The highest BCUT2D eigenvalue weighted by molar-refractivity contribution is 6.23.